The number of carboxylic acids is 1. The van der Waals surface area contributed by atoms with Crippen LogP contribution in [0.5, 0.6) is 0 Å². The predicted octanol–water partition coefficient (Wildman–Crippen LogP) is 2.29. The zero-order valence-corrected chi connectivity index (χ0v) is 12.8. The fraction of sp³-hybridized carbons (Fsp3) is 0.933. The van der Waals surface area contributed by atoms with Crippen LogP contribution in [0.4, 0.5) is 0 Å². The topological polar surface area (TPSA) is 43.8 Å². The van der Waals surface area contributed by atoms with Crippen LogP contribution in [0.3, 0.4) is 0 Å². The SMILES string of the molecule is CC(CN(CCCN(C)C)C1CCCCC1)C(=O)O. The monoisotopic (exact) mass is 270 g/mol. The number of hydrogen-bond donors (Lipinski definition) is 1. The van der Waals surface area contributed by atoms with Crippen LogP contribution in [0.1, 0.15) is 45.4 Å². The summed E-state index contributed by atoms with van der Waals surface area (Å²) in [6.45, 7) is 4.63. The minimum atomic E-state index is -0.673. The third kappa shape index (κ3) is 6.39. The lowest BCUT2D eigenvalue weighted by atomic mass is 9.93. The number of carbonyl (C=O) groups is 1. The molecule has 4 nitrogen and oxygen atoms in total. The zero-order chi connectivity index (χ0) is 14.3. The van der Waals surface area contributed by atoms with Gasteiger partial charge in [0, 0.05) is 12.6 Å². The zero-order valence-electron chi connectivity index (χ0n) is 12.8. The second kappa shape index (κ2) is 8.54. The van der Waals surface area contributed by atoms with Crippen LogP contribution in [0.15, 0.2) is 0 Å². The first kappa shape index (κ1) is 16.4. The molecule has 1 rings (SSSR count). The summed E-state index contributed by atoms with van der Waals surface area (Å²) in [6, 6.07) is 0.609. The number of hydrogen-bond acceptors (Lipinski definition) is 3. The molecule has 19 heavy (non-hydrogen) atoms. The van der Waals surface area contributed by atoms with Crippen molar-refractivity contribution in [3.63, 3.8) is 0 Å². The Morgan fingerprint density at radius 3 is 2.37 bits per heavy atom. The van der Waals surface area contributed by atoms with E-state index in [0.29, 0.717) is 12.6 Å². The van der Waals surface area contributed by atoms with Crippen LogP contribution >= 0.6 is 0 Å². The van der Waals surface area contributed by atoms with Gasteiger partial charge in [0.15, 0.2) is 0 Å². The molecule has 112 valence electrons. The second-order valence-electron chi connectivity index (χ2n) is 6.18. The van der Waals surface area contributed by atoms with Gasteiger partial charge >= 0.3 is 5.97 Å². The lowest BCUT2D eigenvalue weighted by Crippen LogP contribution is -2.42. The lowest BCUT2D eigenvalue weighted by Gasteiger charge is -2.35. The van der Waals surface area contributed by atoms with Gasteiger partial charge in [-0.25, -0.2) is 0 Å². The third-order valence-corrected chi connectivity index (χ3v) is 4.07. The van der Waals surface area contributed by atoms with E-state index < -0.39 is 5.97 Å². The van der Waals surface area contributed by atoms with Gasteiger partial charge in [0.05, 0.1) is 5.92 Å². The van der Waals surface area contributed by atoms with Gasteiger partial charge in [0.25, 0.3) is 0 Å². The Balaban J connectivity index is 2.48. The first-order chi connectivity index (χ1) is 9.00. The molecule has 0 aromatic heterocycles. The van der Waals surface area contributed by atoms with Crippen molar-refractivity contribution in [3.8, 4) is 0 Å². The van der Waals surface area contributed by atoms with Gasteiger partial charge in [-0.1, -0.05) is 26.2 Å². The van der Waals surface area contributed by atoms with Gasteiger partial charge in [-0.3, -0.25) is 9.69 Å². The average Bonchev–Trinajstić information content (AvgIpc) is 2.38. The van der Waals surface area contributed by atoms with Crippen LogP contribution in [-0.4, -0.2) is 60.6 Å². The van der Waals surface area contributed by atoms with E-state index in [1.807, 2.05) is 6.92 Å². The number of carboxylic acid groups (broad SMARTS) is 1. The van der Waals surface area contributed by atoms with Crippen LogP contribution in [0.25, 0.3) is 0 Å². The molecule has 1 aliphatic carbocycles. The van der Waals surface area contributed by atoms with Crippen LogP contribution in [0, 0.1) is 5.92 Å². The summed E-state index contributed by atoms with van der Waals surface area (Å²) >= 11 is 0. The van der Waals surface area contributed by atoms with E-state index in [-0.39, 0.29) is 5.92 Å². The molecule has 4 heteroatoms. The van der Waals surface area contributed by atoms with Gasteiger partial charge in [0.2, 0.25) is 0 Å². The molecule has 1 N–H and O–H groups in total. The molecule has 0 bridgehead atoms. The van der Waals surface area contributed by atoms with E-state index in [2.05, 4.69) is 23.9 Å². The molecule has 1 atom stereocenters. The fourth-order valence-electron chi connectivity index (χ4n) is 2.89. The molecule has 1 fully saturated rings. The molecule has 1 unspecified atom stereocenters. The van der Waals surface area contributed by atoms with Crippen molar-refractivity contribution in [1.29, 1.82) is 0 Å². The molecule has 1 saturated carbocycles. The van der Waals surface area contributed by atoms with Gasteiger partial charge < -0.3 is 10.0 Å². The number of nitrogens with zero attached hydrogens (tertiary/aromatic N) is 2. The second-order valence-corrected chi connectivity index (χ2v) is 6.18. The molecule has 0 spiro atoms. The molecule has 0 aliphatic heterocycles. The van der Waals surface area contributed by atoms with Gasteiger partial charge in [-0.15, -0.1) is 0 Å². The smallest absolute Gasteiger partial charge is 0.307 e. The summed E-state index contributed by atoms with van der Waals surface area (Å²) in [7, 11) is 4.18. The van der Waals surface area contributed by atoms with Gasteiger partial charge in [0.1, 0.15) is 0 Å². The average molecular weight is 270 g/mol. The minimum absolute atomic E-state index is 0.263. The highest BCUT2D eigenvalue weighted by Crippen LogP contribution is 2.23. The summed E-state index contributed by atoms with van der Waals surface area (Å²) in [5.41, 5.74) is 0. The summed E-state index contributed by atoms with van der Waals surface area (Å²) in [5.74, 6) is -0.935. The van der Waals surface area contributed by atoms with Crippen molar-refractivity contribution < 1.29 is 9.90 Å². The van der Waals surface area contributed by atoms with Crippen LogP contribution in [-0.2, 0) is 4.79 Å². The molecule has 0 radical (unpaired) electrons. The van der Waals surface area contributed by atoms with Crippen molar-refractivity contribution in [3.05, 3.63) is 0 Å². The van der Waals surface area contributed by atoms with E-state index in [1.54, 1.807) is 0 Å². The highest BCUT2D eigenvalue weighted by atomic mass is 16.4. The molecule has 0 saturated heterocycles. The quantitative estimate of drug-likeness (QED) is 0.735. The van der Waals surface area contributed by atoms with E-state index in [9.17, 15) is 4.79 Å². The summed E-state index contributed by atoms with van der Waals surface area (Å²) in [6.07, 6.45) is 7.56. The molecule has 0 aromatic carbocycles. The maximum absolute atomic E-state index is 11.1. The third-order valence-electron chi connectivity index (χ3n) is 4.07. The highest BCUT2D eigenvalue weighted by molar-refractivity contribution is 5.69. The first-order valence-corrected chi connectivity index (χ1v) is 7.62. The van der Waals surface area contributed by atoms with E-state index in [4.69, 9.17) is 5.11 Å². The van der Waals surface area contributed by atoms with E-state index in [0.717, 1.165) is 19.5 Å². The first-order valence-electron chi connectivity index (χ1n) is 7.62. The Kier molecular flexibility index (Phi) is 7.39. The van der Waals surface area contributed by atoms with Crippen molar-refractivity contribution in [2.45, 2.75) is 51.5 Å². The van der Waals surface area contributed by atoms with Crippen molar-refractivity contribution >= 4 is 5.97 Å². The normalized spacial score (nSPS) is 19.0. The predicted molar refractivity (Wildman–Crippen MR) is 78.4 cm³/mol. The Hall–Kier alpha value is -0.610. The van der Waals surface area contributed by atoms with Crippen molar-refractivity contribution in [2.75, 3.05) is 33.7 Å². The van der Waals surface area contributed by atoms with E-state index >= 15 is 0 Å². The fourth-order valence-corrected chi connectivity index (χ4v) is 2.89. The Labute approximate surface area is 117 Å². The highest BCUT2D eigenvalue weighted by Gasteiger charge is 2.24. The molecule has 0 aromatic rings. The van der Waals surface area contributed by atoms with Crippen LogP contribution in [0.2, 0.25) is 0 Å². The minimum Gasteiger partial charge on any atom is -0.481 e. The van der Waals surface area contributed by atoms with Gasteiger partial charge in [-0.2, -0.15) is 0 Å². The van der Waals surface area contributed by atoms with Crippen molar-refractivity contribution in [2.24, 2.45) is 5.92 Å². The summed E-state index contributed by atoms with van der Waals surface area (Å²) in [5, 5.41) is 9.11. The molecular weight excluding hydrogens is 240 g/mol. The molecule has 1 aliphatic rings. The molecular formula is C15H30N2O2. The lowest BCUT2D eigenvalue weighted by molar-refractivity contribution is -0.142. The Bertz CT molecular complexity index is 263. The Morgan fingerprint density at radius 2 is 1.84 bits per heavy atom. The van der Waals surface area contributed by atoms with Gasteiger partial charge in [-0.05, 0) is 46.4 Å². The number of aliphatic carboxylic acids is 1. The van der Waals surface area contributed by atoms with E-state index in [1.165, 1.54) is 32.1 Å². The summed E-state index contributed by atoms with van der Waals surface area (Å²) in [4.78, 5) is 15.7. The molecule has 0 heterocycles. The Morgan fingerprint density at radius 1 is 1.21 bits per heavy atom. The maximum atomic E-state index is 11.1. The maximum Gasteiger partial charge on any atom is 0.307 e. The largest absolute Gasteiger partial charge is 0.481 e. The van der Waals surface area contributed by atoms with Crippen molar-refractivity contribution in [1.82, 2.24) is 9.80 Å². The summed E-state index contributed by atoms with van der Waals surface area (Å²) < 4.78 is 0. The standard InChI is InChI=1S/C15H30N2O2/c1-13(15(18)19)12-17(11-7-10-16(2)3)14-8-5-4-6-9-14/h13-14H,4-12H2,1-3H3,(H,18,19). The molecule has 0 amide bonds. The van der Waals surface area contributed by atoms with Crippen LogP contribution < -0.4 is 0 Å². The number of rotatable bonds is 8.